The van der Waals surface area contributed by atoms with Gasteiger partial charge in [0.15, 0.2) is 0 Å². The van der Waals surface area contributed by atoms with Crippen molar-refractivity contribution in [1.82, 2.24) is 0 Å². The van der Waals surface area contributed by atoms with Crippen LogP contribution in [-0.4, -0.2) is 56.3 Å². The lowest BCUT2D eigenvalue weighted by Gasteiger charge is -2.88. The Morgan fingerprint density at radius 2 is 1.24 bits per heavy atom. The molecule has 2 spiro atoms. The fourth-order valence-corrected chi connectivity index (χ4v) is 12.9. The largest absolute Gasteiger partial charge is 0.310 e. The van der Waals surface area contributed by atoms with Crippen LogP contribution < -0.4 is 0 Å². The minimum Gasteiger partial charge on any atom is -0.310 e. The molecular formula is C23H36N2+2. The maximum atomic E-state index is 2.86. The lowest BCUT2D eigenvalue weighted by Crippen LogP contribution is -3.02. The van der Waals surface area contributed by atoms with Crippen LogP contribution in [0.25, 0.3) is 0 Å². The molecule has 8 aliphatic rings. The summed E-state index contributed by atoms with van der Waals surface area (Å²) < 4.78 is 3.39. The molecule has 8 rings (SSSR count). The Morgan fingerprint density at radius 1 is 0.720 bits per heavy atom. The Balaban J connectivity index is 1.31. The minimum atomic E-state index is 0.643. The van der Waals surface area contributed by atoms with Gasteiger partial charge in [0.25, 0.3) is 0 Å². The maximum Gasteiger partial charge on any atom is 0.123 e. The van der Waals surface area contributed by atoms with Gasteiger partial charge in [0.05, 0.1) is 67.7 Å². The van der Waals surface area contributed by atoms with E-state index >= 15 is 0 Å². The molecule has 0 aliphatic carbocycles. The molecule has 25 heavy (non-hydrogen) atoms. The first-order valence-corrected chi connectivity index (χ1v) is 11.9. The third kappa shape index (κ3) is 0.886. The minimum absolute atomic E-state index is 0.643. The van der Waals surface area contributed by atoms with Crippen molar-refractivity contribution in [3.8, 4) is 0 Å². The molecule has 0 N–H and O–H groups in total. The Hall–Kier alpha value is -0.0800. The molecule has 2 heteroatoms. The summed E-state index contributed by atoms with van der Waals surface area (Å²) in [7, 11) is 0. The van der Waals surface area contributed by atoms with Gasteiger partial charge in [-0.05, 0) is 13.3 Å². The van der Waals surface area contributed by atoms with E-state index in [2.05, 4.69) is 13.8 Å². The fraction of sp³-hybridized carbons (Fsp3) is 1.00. The summed E-state index contributed by atoms with van der Waals surface area (Å²) in [5.74, 6) is 0. The highest BCUT2D eigenvalue weighted by atomic mass is 15.7. The monoisotopic (exact) mass is 340 g/mol. The number of hydrogen-bond acceptors (Lipinski definition) is 0. The third-order valence-corrected chi connectivity index (χ3v) is 13.2. The first kappa shape index (κ1) is 14.0. The molecule has 0 radical (unpaired) electrons. The molecule has 0 aromatic heterocycles. The van der Waals surface area contributed by atoms with Gasteiger partial charge in [-0.25, -0.2) is 0 Å². The molecule has 8 heterocycles. The molecular weight excluding hydrogens is 304 g/mol. The molecule has 11 atom stereocenters. The van der Waals surface area contributed by atoms with Gasteiger partial charge in [0, 0.05) is 38.5 Å². The van der Waals surface area contributed by atoms with Crippen LogP contribution in [0, 0.1) is 5.41 Å². The lowest BCUT2D eigenvalue weighted by atomic mass is 9.38. The van der Waals surface area contributed by atoms with E-state index < -0.39 is 0 Å². The molecule has 2 nitrogen and oxygen atoms in total. The maximum absolute atomic E-state index is 2.86. The van der Waals surface area contributed by atoms with E-state index in [1.807, 2.05) is 0 Å². The second-order valence-corrected chi connectivity index (χ2v) is 12.1. The first-order valence-electron chi connectivity index (χ1n) is 11.9. The van der Waals surface area contributed by atoms with E-state index in [9.17, 15) is 0 Å². The van der Waals surface area contributed by atoms with Crippen molar-refractivity contribution >= 4 is 0 Å². The van der Waals surface area contributed by atoms with Crippen molar-refractivity contribution in [2.45, 2.75) is 138 Å². The smallest absolute Gasteiger partial charge is 0.123 e. The zero-order valence-electron chi connectivity index (χ0n) is 16.3. The Morgan fingerprint density at radius 3 is 1.88 bits per heavy atom. The van der Waals surface area contributed by atoms with Crippen molar-refractivity contribution in [3.63, 3.8) is 0 Å². The van der Waals surface area contributed by atoms with Crippen LogP contribution in [0.5, 0.6) is 0 Å². The van der Waals surface area contributed by atoms with Crippen LogP contribution >= 0.6 is 0 Å². The predicted molar refractivity (Wildman–Crippen MR) is 97.9 cm³/mol. The molecule has 8 saturated heterocycles. The van der Waals surface area contributed by atoms with Crippen molar-refractivity contribution < 1.29 is 8.97 Å². The average Bonchev–Trinajstić information content (AvgIpc) is 3.09. The first-order chi connectivity index (χ1) is 12.1. The number of nitrogens with zero attached hydrogens (tertiary/aromatic N) is 2. The van der Waals surface area contributed by atoms with Crippen molar-refractivity contribution in [2.75, 3.05) is 0 Å². The fourth-order valence-electron chi connectivity index (χ4n) is 12.9. The van der Waals surface area contributed by atoms with E-state index in [0.717, 1.165) is 47.3 Å². The molecule has 0 bridgehead atoms. The zero-order valence-corrected chi connectivity index (χ0v) is 16.3. The van der Waals surface area contributed by atoms with Gasteiger partial charge in [-0.15, -0.1) is 0 Å². The molecule has 0 aromatic carbocycles. The predicted octanol–water partition coefficient (Wildman–Crippen LogP) is 4.13. The average molecular weight is 341 g/mol. The van der Waals surface area contributed by atoms with E-state index in [-0.39, 0.29) is 0 Å². The summed E-state index contributed by atoms with van der Waals surface area (Å²) in [6.07, 6.45) is 19.1. The number of hydrogen-bond donors (Lipinski definition) is 0. The van der Waals surface area contributed by atoms with Gasteiger partial charge in [0.2, 0.25) is 0 Å². The highest BCUT2D eigenvalue weighted by Gasteiger charge is 2.96. The van der Waals surface area contributed by atoms with Gasteiger partial charge in [0.1, 0.15) is 17.1 Å². The Labute approximate surface area is 153 Å². The number of rotatable bonds is 3. The lowest BCUT2D eigenvalue weighted by molar-refractivity contribution is -1.16. The summed E-state index contributed by atoms with van der Waals surface area (Å²) in [5, 5.41) is 0. The van der Waals surface area contributed by atoms with E-state index in [4.69, 9.17) is 0 Å². The Kier molecular flexibility index (Phi) is 1.96. The molecule has 136 valence electrons. The van der Waals surface area contributed by atoms with Crippen LogP contribution in [0.1, 0.15) is 90.9 Å². The van der Waals surface area contributed by atoms with Gasteiger partial charge in [-0.2, -0.15) is 0 Å². The third-order valence-electron chi connectivity index (χ3n) is 13.2. The molecule has 0 aromatic rings. The molecule has 8 fully saturated rings. The van der Waals surface area contributed by atoms with E-state index in [0.29, 0.717) is 5.41 Å². The molecule has 8 aliphatic heterocycles. The molecule has 11 unspecified atom stereocenters. The second kappa shape index (κ2) is 3.50. The summed E-state index contributed by atoms with van der Waals surface area (Å²) in [6.45, 7) is 5.47. The van der Waals surface area contributed by atoms with Crippen LogP contribution in [0.3, 0.4) is 0 Å². The van der Waals surface area contributed by atoms with Crippen LogP contribution in [0.4, 0.5) is 0 Å². The quantitative estimate of drug-likeness (QED) is 0.678. The van der Waals surface area contributed by atoms with Crippen molar-refractivity contribution in [2.24, 2.45) is 5.41 Å². The van der Waals surface area contributed by atoms with Gasteiger partial charge < -0.3 is 8.97 Å². The summed E-state index contributed by atoms with van der Waals surface area (Å²) in [5.41, 5.74) is 2.11. The number of piperidine rings is 2. The molecule has 0 saturated carbocycles. The normalized spacial score (nSPS) is 71.8. The van der Waals surface area contributed by atoms with Crippen LogP contribution in [0.2, 0.25) is 0 Å². The van der Waals surface area contributed by atoms with Gasteiger partial charge in [-0.3, -0.25) is 0 Å². The van der Waals surface area contributed by atoms with Gasteiger partial charge in [-0.1, -0.05) is 6.92 Å². The SMILES string of the molecule is CCC(C)(C12CCC3CC4CCC(C1)[N+]432)C12CC3CCC4CC(C1)[N+]432. The second-order valence-electron chi connectivity index (χ2n) is 12.1. The standard InChI is InChI=1S/C23H36N2/c1-3-21(2,23-13-19-7-5-16-11-20(14-23)25(16,19)23)22-9-8-17-10-15-4-6-18(12-22)24(15,17)22/h15-20H,3-14H2,1-2H3/q+2. The Bertz CT molecular complexity index is 693. The summed E-state index contributed by atoms with van der Waals surface area (Å²) in [6, 6.07) is 6.65. The summed E-state index contributed by atoms with van der Waals surface area (Å²) >= 11 is 0. The topological polar surface area (TPSA) is 0 Å². The molecule has 0 amide bonds. The van der Waals surface area contributed by atoms with Crippen LogP contribution in [0.15, 0.2) is 0 Å². The highest BCUT2D eigenvalue weighted by Crippen LogP contribution is 2.84. The zero-order chi connectivity index (χ0) is 16.4. The van der Waals surface area contributed by atoms with Crippen molar-refractivity contribution in [3.05, 3.63) is 0 Å². The number of quaternary nitrogens is 2. The summed E-state index contributed by atoms with van der Waals surface area (Å²) in [4.78, 5) is 0. The van der Waals surface area contributed by atoms with Crippen molar-refractivity contribution in [1.29, 1.82) is 0 Å². The van der Waals surface area contributed by atoms with Crippen LogP contribution in [-0.2, 0) is 0 Å². The van der Waals surface area contributed by atoms with Gasteiger partial charge >= 0.3 is 0 Å². The van der Waals surface area contributed by atoms with E-state index in [1.54, 1.807) is 79.6 Å². The highest BCUT2D eigenvalue weighted by molar-refractivity contribution is 5.29. The van der Waals surface area contributed by atoms with E-state index in [1.165, 1.54) is 6.42 Å².